The highest BCUT2D eigenvalue weighted by Crippen LogP contribution is 2.48. The lowest BCUT2D eigenvalue weighted by Crippen LogP contribution is -2.54. The van der Waals surface area contributed by atoms with Crippen LogP contribution in [0.25, 0.3) is 0 Å². The van der Waals surface area contributed by atoms with Gasteiger partial charge in [0, 0.05) is 25.6 Å². The first kappa shape index (κ1) is 20.8. The number of nitrogens with zero attached hydrogens (tertiary/aromatic N) is 3. The molecule has 33 heavy (non-hydrogen) atoms. The molecule has 7 heteroatoms. The SMILES string of the molecule is CC(=O)C1=NN2c3cc(F)ccc3OC[C@H]2[C@@]1(CCCN1CC2CC1CO2)c1ccccc1. The summed E-state index contributed by atoms with van der Waals surface area (Å²) in [5.41, 5.74) is 1.55. The Labute approximate surface area is 193 Å². The topological polar surface area (TPSA) is 54.4 Å². The molecule has 2 unspecified atom stereocenters. The first-order valence-electron chi connectivity index (χ1n) is 11.8. The molecular weight excluding hydrogens is 421 g/mol. The minimum Gasteiger partial charge on any atom is -0.489 e. The normalized spacial score (nSPS) is 30.1. The third kappa shape index (κ3) is 3.28. The van der Waals surface area contributed by atoms with Gasteiger partial charge in [0.05, 0.1) is 18.1 Å². The number of carbonyl (C=O) groups excluding carboxylic acids is 1. The molecule has 0 spiro atoms. The van der Waals surface area contributed by atoms with Gasteiger partial charge in [0.15, 0.2) is 5.78 Å². The predicted octanol–water partition coefficient (Wildman–Crippen LogP) is 3.54. The average molecular weight is 450 g/mol. The highest BCUT2D eigenvalue weighted by atomic mass is 19.1. The fourth-order valence-electron chi connectivity index (χ4n) is 6.22. The molecule has 2 aromatic rings. The number of rotatable bonds is 6. The van der Waals surface area contributed by atoms with E-state index in [0.29, 0.717) is 35.9 Å². The van der Waals surface area contributed by atoms with Crippen LogP contribution in [0.3, 0.4) is 0 Å². The molecule has 4 heterocycles. The van der Waals surface area contributed by atoms with E-state index in [1.807, 2.05) is 23.2 Å². The van der Waals surface area contributed by atoms with Crippen LogP contribution in [0.5, 0.6) is 5.75 Å². The van der Waals surface area contributed by atoms with E-state index in [-0.39, 0.29) is 17.6 Å². The number of halogens is 1. The van der Waals surface area contributed by atoms with Crippen LogP contribution < -0.4 is 9.75 Å². The van der Waals surface area contributed by atoms with Crippen LogP contribution in [0.15, 0.2) is 53.6 Å². The van der Waals surface area contributed by atoms with Crippen LogP contribution in [0, 0.1) is 5.82 Å². The number of hydrazone groups is 1. The maximum absolute atomic E-state index is 14.2. The van der Waals surface area contributed by atoms with Crippen LogP contribution in [-0.4, -0.2) is 60.9 Å². The van der Waals surface area contributed by atoms with Gasteiger partial charge in [-0.25, -0.2) is 4.39 Å². The number of hydrogen-bond acceptors (Lipinski definition) is 6. The quantitative estimate of drug-likeness (QED) is 0.675. The van der Waals surface area contributed by atoms with Gasteiger partial charge in [-0.1, -0.05) is 30.3 Å². The molecule has 0 saturated carbocycles. The first-order valence-corrected chi connectivity index (χ1v) is 11.8. The number of fused-ring (bicyclic) bond motifs is 5. The lowest BCUT2D eigenvalue weighted by molar-refractivity contribution is -0.111. The summed E-state index contributed by atoms with van der Waals surface area (Å²) in [4.78, 5) is 15.5. The summed E-state index contributed by atoms with van der Waals surface area (Å²) >= 11 is 0. The molecule has 2 bridgehead atoms. The highest BCUT2D eigenvalue weighted by Gasteiger charge is 2.56. The van der Waals surface area contributed by atoms with Crippen molar-refractivity contribution in [3.8, 4) is 5.75 Å². The predicted molar refractivity (Wildman–Crippen MR) is 123 cm³/mol. The van der Waals surface area contributed by atoms with Crippen LogP contribution in [0.4, 0.5) is 10.1 Å². The van der Waals surface area contributed by atoms with E-state index in [2.05, 4.69) is 17.0 Å². The van der Waals surface area contributed by atoms with Crippen LogP contribution >= 0.6 is 0 Å². The van der Waals surface area contributed by atoms with Crippen molar-refractivity contribution in [2.24, 2.45) is 5.10 Å². The summed E-state index contributed by atoms with van der Waals surface area (Å²) in [5.74, 6) is 0.192. The van der Waals surface area contributed by atoms with E-state index < -0.39 is 5.41 Å². The van der Waals surface area contributed by atoms with Gasteiger partial charge >= 0.3 is 0 Å². The monoisotopic (exact) mass is 449 g/mol. The van der Waals surface area contributed by atoms with Crippen molar-refractivity contribution in [3.05, 3.63) is 59.9 Å². The molecule has 4 atom stereocenters. The van der Waals surface area contributed by atoms with Gasteiger partial charge in [0.1, 0.15) is 35.6 Å². The Bertz CT molecular complexity index is 1110. The molecule has 0 radical (unpaired) electrons. The Morgan fingerprint density at radius 3 is 2.79 bits per heavy atom. The van der Waals surface area contributed by atoms with Crippen LogP contribution in [-0.2, 0) is 14.9 Å². The van der Waals surface area contributed by atoms with Crippen molar-refractivity contribution in [1.82, 2.24) is 4.90 Å². The number of ether oxygens (including phenoxy) is 2. The van der Waals surface area contributed by atoms with Crippen molar-refractivity contribution in [2.75, 3.05) is 31.3 Å². The second-order valence-electron chi connectivity index (χ2n) is 9.57. The molecule has 6 nitrogen and oxygen atoms in total. The van der Waals surface area contributed by atoms with E-state index in [1.165, 1.54) is 12.1 Å². The molecule has 2 aromatic carbocycles. The number of hydrogen-bond donors (Lipinski definition) is 0. The van der Waals surface area contributed by atoms with Crippen molar-refractivity contribution in [2.45, 2.75) is 49.8 Å². The van der Waals surface area contributed by atoms with E-state index in [4.69, 9.17) is 14.6 Å². The molecule has 4 aliphatic rings. The van der Waals surface area contributed by atoms with Crippen molar-refractivity contribution in [1.29, 1.82) is 0 Å². The molecule has 0 amide bonds. The molecular formula is C26H28FN3O3. The molecule has 4 aliphatic heterocycles. The molecule has 0 aromatic heterocycles. The zero-order valence-corrected chi connectivity index (χ0v) is 18.7. The smallest absolute Gasteiger partial charge is 0.176 e. The third-order valence-corrected chi connectivity index (χ3v) is 7.71. The number of morpholine rings is 1. The van der Waals surface area contributed by atoms with Crippen molar-refractivity contribution >= 4 is 17.2 Å². The number of anilines is 1. The van der Waals surface area contributed by atoms with Crippen LogP contribution in [0.2, 0.25) is 0 Å². The van der Waals surface area contributed by atoms with Gasteiger partial charge in [-0.3, -0.25) is 14.7 Å². The second-order valence-corrected chi connectivity index (χ2v) is 9.57. The van der Waals surface area contributed by atoms with Gasteiger partial charge in [-0.05, 0) is 43.5 Å². The fourth-order valence-corrected chi connectivity index (χ4v) is 6.22. The van der Waals surface area contributed by atoms with Gasteiger partial charge in [0.2, 0.25) is 0 Å². The Morgan fingerprint density at radius 2 is 2.06 bits per heavy atom. The number of carbonyl (C=O) groups is 1. The molecule has 0 aliphatic carbocycles. The summed E-state index contributed by atoms with van der Waals surface area (Å²) in [6.07, 6.45) is 3.17. The number of Topliss-reactive ketones (excluding diaryl/α,β-unsaturated/α-hetero) is 1. The standard InChI is InChI=1S/C26H28FN3O3/c1-17(31)25-26(18-6-3-2-4-7-18,10-5-11-29-14-21-13-20(29)15-32-21)24-16-33-23-9-8-19(27)12-22(23)30(24)28-25/h2-4,6-9,12,20-21,24H,5,10-11,13-16H2,1H3/t20?,21?,24-,26+/m0/s1. The molecule has 2 fully saturated rings. The minimum atomic E-state index is -0.619. The maximum atomic E-state index is 14.2. The summed E-state index contributed by atoms with van der Waals surface area (Å²) in [6.45, 7) is 4.74. The average Bonchev–Trinajstić information content (AvgIpc) is 3.53. The zero-order chi connectivity index (χ0) is 22.6. The van der Waals surface area contributed by atoms with Gasteiger partial charge < -0.3 is 9.47 Å². The summed E-state index contributed by atoms with van der Waals surface area (Å²) in [5, 5.41) is 6.66. The van der Waals surface area contributed by atoms with Crippen molar-refractivity contribution in [3.63, 3.8) is 0 Å². The van der Waals surface area contributed by atoms with Crippen molar-refractivity contribution < 1.29 is 18.7 Å². The summed E-state index contributed by atoms with van der Waals surface area (Å²) in [6, 6.07) is 14.9. The second kappa shape index (κ2) is 7.92. The van der Waals surface area contributed by atoms with E-state index >= 15 is 0 Å². The Balaban J connectivity index is 1.37. The van der Waals surface area contributed by atoms with Gasteiger partial charge in [-0.2, -0.15) is 5.10 Å². The van der Waals surface area contributed by atoms with E-state index in [1.54, 1.807) is 13.0 Å². The van der Waals surface area contributed by atoms with E-state index in [9.17, 15) is 9.18 Å². The van der Waals surface area contributed by atoms with Gasteiger partial charge in [0.25, 0.3) is 0 Å². The number of ketones is 1. The molecule has 0 N–H and O–H groups in total. The zero-order valence-electron chi connectivity index (χ0n) is 18.7. The van der Waals surface area contributed by atoms with E-state index in [0.717, 1.165) is 44.5 Å². The van der Waals surface area contributed by atoms with Gasteiger partial charge in [-0.15, -0.1) is 0 Å². The molecule has 2 saturated heterocycles. The lowest BCUT2D eigenvalue weighted by Gasteiger charge is -2.42. The number of benzene rings is 2. The minimum absolute atomic E-state index is 0.0557. The lowest BCUT2D eigenvalue weighted by atomic mass is 9.67. The number of likely N-dealkylation sites (tertiary alicyclic amines) is 1. The first-order chi connectivity index (χ1) is 16.1. The molecule has 6 rings (SSSR count). The Morgan fingerprint density at radius 1 is 1.21 bits per heavy atom. The maximum Gasteiger partial charge on any atom is 0.176 e. The molecule has 172 valence electrons. The summed E-state index contributed by atoms with van der Waals surface area (Å²) < 4.78 is 26.0. The third-order valence-electron chi connectivity index (χ3n) is 7.71. The highest BCUT2D eigenvalue weighted by molar-refractivity contribution is 6.43. The fraction of sp³-hybridized carbons (Fsp3) is 0.462. The Hall–Kier alpha value is -2.77. The largest absolute Gasteiger partial charge is 0.489 e. The Kier molecular flexibility index (Phi) is 4.99. The summed E-state index contributed by atoms with van der Waals surface area (Å²) in [7, 11) is 0. The van der Waals surface area contributed by atoms with Crippen LogP contribution in [0.1, 0.15) is 31.7 Å².